The van der Waals surface area contributed by atoms with Crippen molar-refractivity contribution in [3.05, 3.63) is 90.4 Å². The van der Waals surface area contributed by atoms with E-state index in [0.29, 0.717) is 11.7 Å². The Balaban J connectivity index is 1.44. The Morgan fingerprint density at radius 2 is 1.82 bits per heavy atom. The Morgan fingerprint density at radius 1 is 1.06 bits per heavy atom. The summed E-state index contributed by atoms with van der Waals surface area (Å²) in [6.07, 6.45) is 2.65. The summed E-state index contributed by atoms with van der Waals surface area (Å²) in [5, 5.41) is 0.674. The topological polar surface area (TPSA) is 47.4 Å². The zero-order chi connectivity index (χ0) is 22.8. The number of aromatic nitrogens is 2. The van der Waals surface area contributed by atoms with E-state index < -0.39 is 0 Å². The monoisotopic (exact) mass is 459 g/mol. The van der Waals surface area contributed by atoms with Gasteiger partial charge in [0.2, 0.25) is 5.91 Å². The first-order valence-corrected chi connectivity index (χ1v) is 11.6. The van der Waals surface area contributed by atoms with Crippen LogP contribution in [0.1, 0.15) is 5.56 Å². The fourth-order valence-corrected chi connectivity index (χ4v) is 4.91. The first-order chi connectivity index (χ1) is 16.1. The number of halogens is 1. The molecule has 3 aromatic carbocycles. The van der Waals surface area contributed by atoms with Gasteiger partial charge in [-0.2, -0.15) is 0 Å². The number of ether oxygens (including phenoxy) is 1. The molecule has 5 rings (SSSR count). The van der Waals surface area contributed by atoms with Crippen molar-refractivity contribution in [2.45, 2.75) is 11.6 Å². The van der Waals surface area contributed by atoms with E-state index >= 15 is 0 Å². The summed E-state index contributed by atoms with van der Waals surface area (Å²) >= 11 is 1.38. The Kier molecular flexibility index (Phi) is 5.88. The number of anilines is 1. The van der Waals surface area contributed by atoms with Crippen molar-refractivity contribution in [3.63, 3.8) is 0 Å². The molecule has 0 aliphatic carbocycles. The number of amides is 1. The van der Waals surface area contributed by atoms with Crippen LogP contribution in [0.2, 0.25) is 0 Å². The zero-order valence-electron chi connectivity index (χ0n) is 18.1. The molecule has 0 bridgehead atoms. The van der Waals surface area contributed by atoms with Crippen LogP contribution in [-0.4, -0.2) is 34.9 Å². The Labute approximate surface area is 195 Å². The maximum absolute atomic E-state index is 13.6. The third-order valence-electron chi connectivity index (χ3n) is 5.71. The number of benzene rings is 3. The second-order valence-corrected chi connectivity index (χ2v) is 8.62. The van der Waals surface area contributed by atoms with Crippen LogP contribution < -0.4 is 9.64 Å². The number of imidazole rings is 1. The summed E-state index contributed by atoms with van der Waals surface area (Å²) in [5.41, 5.74) is 4.76. The van der Waals surface area contributed by atoms with Gasteiger partial charge in [0.15, 0.2) is 5.16 Å². The van der Waals surface area contributed by atoms with Crippen LogP contribution in [0.3, 0.4) is 0 Å². The van der Waals surface area contributed by atoms with Crippen molar-refractivity contribution in [2.75, 3.05) is 24.3 Å². The number of hydrogen-bond donors (Lipinski definition) is 0. The van der Waals surface area contributed by atoms with Gasteiger partial charge in [-0.25, -0.2) is 9.37 Å². The number of methoxy groups -OCH3 is 1. The highest BCUT2D eigenvalue weighted by atomic mass is 32.2. The molecule has 0 unspecified atom stereocenters. The fraction of sp³-hybridized carbons (Fsp3) is 0.154. The van der Waals surface area contributed by atoms with E-state index in [1.807, 2.05) is 51.9 Å². The number of carbonyl (C=O) groups excluding carboxylic acids is 1. The first kappa shape index (κ1) is 21.3. The molecule has 7 heteroatoms. The summed E-state index contributed by atoms with van der Waals surface area (Å²) in [5.74, 6) is 0.762. The van der Waals surface area contributed by atoms with E-state index in [4.69, 9.17) is 4.74 Å². The molecule has 1 amide bonds. The van der Waals surface area contributed by atoms with E-state index in [1.54, 1.807) is 25.4 Å². The van der Waals surface area contributed by atoms with Gasteiger partial charge in [-0.3, -0.25) is 9.36 Å². The van der Waals surface area contributed by atoms with E-state index in [1.165, 1.54) is 29.5 Å². The zero-order valence-corrected chi connectivity index (χ0v) is 18.9. The third-order valence-corrected chi connectivity index (χ3v) is 6.65. The van der Waals surface area contributed by atoms with Gasteiger partial charge in [0, 0.05) is 23.5 Å². The maximum atomic E-state index is 13.6. The maximum Gasteiger partial charge on any atom is 0.237 e. The lowest BCUT2D eigenvalue weighted by molar-refractivity contribution is -0.116. The van der Waals surface area contributed by atoms with Gasteiger partial charge in [0.05, 0.1) is 24.8 Å². The summed E-state index contributed by atoms with van der Waals surface area (Å²) in [6.45, 7) is 0.697. The van der Waals surface area contributed by atoms with Crippen LogP contribution in [0.4, 0.5) is 10.1 Å². The minimum absolute atomic E-state index is 0.0459. The lowest BCUT2D eigenvalue weighted by atomic mass is 10.1. The highest BCUT2D eigenvalue weighted by Crippen LogP contribution is 2.32. The van der Waals surface area contributed by atoms with Gasteiger partial charge in [-0.1, -0.05) is 30.0 Å². The molecule has 1 aromatic heterocycles. The first-order valence-electron chi connectivity index (χ1n) is 10.6. The fourth-order valence-electron chi connectivity index (χ4n) is 4.04. The van der Waals surface area contributed by atoms with E-state index in [-0.39, 0.29) is 17.5 Å². The van der Waals surface area contributed by atoms with Gasteiger partial charge in [0.1, 0.15) is 11.6 Å². The molecule has 4 aromatic rings. The van der Waals surface area contributed by atoms with Crippen molar-refractivity contribution < 1.29 is 13.9 Å². The number of fused-ring (bicyclic) bond motifs is 1. The summed E-state index contributed by atoms with van der Waals surface area (Å²) < 4.78 is 20.8. The molecule has 0 saturated carbocycles. The van der Waals surface area contributed by atoms with Crippen LogP contribution in [0.25, 0.3) is 16.9 Å². The van der Waals surface area contributed by atoms with Gasteiger partial charge in [-0.15, -0.1) is 0 Å². The van der Waals surface area contributed by atoms with Crippen LogP contribution in [0.15, 0.2) is 84.1 Å². The highest BCUT2D eigenvalue weighted by molar-refractivity contribution is 7.99. The predicted molar refractivity (Wildman–Crippen MR) is 129 cm³/mol. The number of nitrogens with zero attached hydrogens (tertiary/aromatic N) is 3. The molecule has 0 saturated heterocycles. The average Bonchev–Trinajstić information content (AvgIpc) is 3.48. The van der Waals surface area contributed by atoms with Crippen LogP contribution >= 0.6 is 11.8 Å². The van der Waals surface area contributed by atoms with Gasteiger partial charge >= 0.3 is 0 Å². The largest absolute Gasteiger partial charge is 0.497 e. The minimum atomic E-state index is -0.304. The second-order valence-electron chi connectivity index (χ2n) is 7.68. The number of hydrogen-bond acceptors (Lipinski definition) is 4. The number of rotatable bonds is 6. The van der Waals surface area contributed by atoms with Crippen LogP contribution in [0, 0.1) is 5.82 Å². The number of para-hydroxylation sites is 1. The number of carbonyl (C=O) groups is 1. The number of thioether (sulfide) groups is 1. The standard InChI is InChI=1S/C26H22FN3O2S/c1-32-22-12-6-19(7-13-22)24-16-28-26(30(24)21-10-8-20(27)9-11-21)33-17-25(31)29-15-14-18-4-2-3-5-23(18)29/h2-13,16H,14-15,17H2,1H3. The molecular formula is C26H22FN3O2S. The van der Waals surface area contributed by atoms with Crippen molar-refractivity contribution in [1.29, 1.82) is 0 Å². The summed E-state index contributed by atoms with van der Waals surface area (Å²) in [4.78, 5) is 19.5. The lowest BCUT2D eigenvalue weighted by Gasteiger charge is -2.17. The second kappa shape index (κ2) is 9.11. The Hall–Kier alpha value is -3.58. The molecule has 1 aliphatic heterocycles. The Morgan fingerprint density at radius 3 is 2.58 bits per heavy atom. The average molecular weight is 460 g/mol. The Bertz CT molecular complexity index is 1290. The third kappa shape index (κ3) is 4.24. The van der Waals surface area contributed by atoms with Crippen molar-refractivity contribution in [3.8, 4) is 22.7 Å². The van der Waals surface area contributed by atoms with Gasteiger partial charge in [-0.05, 0) is 66.6 Å². The quantitative estimate of drug-likeness (QED) is 0.364. The molecular weight excluding hydrogens is 437 g/mol. The molecule has 0 atom stereocenters. The van der Waals surface area contributed by atoms with Crippen LogP contribution in [-0.2, 0) is 11.2 Å². The highest BCUT2D eigenvalue weighted by Gasteiger charge is 2.25. The van der Waals surface area contributed by atoms with Crippen molar-refractivity contribution in [1.82, 2.24) is 9.55 Å². The molecule has 33 heavy (non-hydrogen) atoms. The smallest absolute Gasteiger partial charge is 0.237 e. The van der Waals surface area contributed by atoms with E-state index in [0.717, 1.165) is 34.8 Å². The molecule has 0 radical (unpaired) electrons. The molecule has 2 heterocycles. The van der Waals surface area contributed by atoms with E-state index in [2.05, 4.69) is 11.1 Å². The van der Waals surface area contributed by atoms with Crippen molar-refractivity contribution in [2.24, 2.45) is 0 Å². The normalized spacial score (nSPS) is 12.6. The summed E-state index contributed by atoms with van der Waals surface area (Å²) in [7, 11) is 1.63. The molecule has 166 valence electrons. The molecule has 0 fully saturated rings. The molecule has 1 aliphatic rings. The minimum Gasteiger partial charge on any atom is -0.497 e. The predicted octanol–water partition coefficient (Wildman–Crippen LogP) is 5.37. The molecule has 0 spiro atoms. The van der Waals surface area contributed by atoms with Gasteiger partial charge in [0.25, 0.3) is 0 Å². The summed E-state index contributed by atoms with van der Waals surface area (Å²) in [6, 6.07) is 22.0. The molecule has 0 N–H and O–H groups in total. The van der Waals surface area contributed by atoms with Crippen molar-refractivity contribution >= 4 is 23.4 Å². The molecule has 5 nitrogen and oxygen atoms in total. The lowest BCUT2D eigenvalue weighted by Crippen LogP contribution is -2.30. The van der Waals surface area contributed by atoms with Crippen LogP contribution in [0.5, 0.6) is 5.75 Å². The SMILES string of the molecule is COc1ccc(-c2cnc(SCC(=O)N3CCc4ccccc43)n2-c2ccc(F)cc2)cc1. The van der Waals surface area contributed by atoms with E-state index in [9.17, 15) is 9.18 Å². The van der Waals surface area contributed by atoms with Gasteiger partial charge < -0.3 is 9.64 Å².